The van der Waals surface area contributed by atoms with Gasteiger partial charge >= 0.3 is 5.69 Å². The predicted octanol–water partition coefficient (Wildman–Crippen LogP) is 5.38. The zero-order chi connectivity index (χ0) is 18.5. The zero-order valence-corrected chi connectivity index (χ0v) is 15.6. The standard InChI is InChI=1S/C19H16BrN3O3/c1-13-16(22-17-9-5-8-15(20)19(17)23(24)25)10-11-18(21-13)26-12-14-6-3-2-4-7-14/h2-11,22H,12H2,1H3. The molecule has 0 unspecified atom stereocenters. The third-order valence-corrected chi connectivity index (χ3v) is 4.37. The molecule has 7 heteroatoms. The van der Waals surface area contributed by atoms with Crippen LogP contribution in [0, 0.1) is 17.0 Å². The molecule has 0 saturated carbocycles. The number of nitro groups is 1. The van der Waals surface area contributed by atoms with Gasteiger partial charge in [-0.3, -0.25) is 10.1 Å². The number of nitro benzene ring substituents is 1. The van der Waals surface area contributed by atoms with Crippen LogP contribution in [0.3, 0.4) is 0 Å². The number of nitrogens with one attached hydrogen (secondary N) is 1. The number of aromatic nitrogens is 1. The number of anilines is 2. The number of halogens is 1. The highest BCUT2D eigenvalue weighted by molar-refractivity contribution is 9.10. The van der Waals surface area contributed by atoms with Gasteiger partial charge < -0.3 is 10.1 Å². The summed E-state index contributed by atoms with van der Waals surface area (Å²) in [5.74, 6) is 0.501. The van der Waals surface area contributed by atoms with Crippen LogP contribution in [0.5, 0.6) is 5.88 Å². The van der Waals surface area contributed by atoms with Gasteiger partial charge in [-0.2, -0.15) is 0 Å². The van der Waals surface area contributed by atoms with Gasteiger partial charge in [-0.25, -0.2) is 4.98 Å². The number of ether oxygens (including phenoxy) is 1. The van der Waals surface area contributed by atoms with Crippen LogP contribution in [0.4, 0.5) is 17.1 Å². The topological polar surface area (TPSA) is 77.3 Å². The summed E-state index contributed by atoms with van der Waals surface area (Å²) in [6.45, 7) is 2.25. The predicted molar refractivity (Wildman–Crippen MR) is 104 cm³/mol. The molecular weight excluding hydrogens is 398 g/mol. The van der Waals surface area contributed by atoms with Gasteiger partial charge in [0.1, 0.15) is 12.3 Å². The maximum absolute atomic E-state index is 11.3. The highest BCUT2D eigenvalue weighted by Gasteiger charge is 2.18. The number of pyridine rings is 1. The first-order valence-corrected chi connectivity index (χ1v) is 8.68. The highest BCUT2D eigenvalue weighted by Crippen LogP contribution is 2.35. The first kappa shape index (κ1) is 17.9. The third-order valence-electron chi connectivity index (χ3n) is 3.73. The molecule has 0 bridgehead atoms. The van der Waals surface area contributed by atoms with Gasteiger partial charge in [0.25, 0.3) is 0 Å². The SMILES string of the molecule is Cc1nc(OCc2ccccc2)ccc1Nc1cccc(Br)c1[N+](=O)[O-]. The van der Waals surface area contributed by atoms with Crippen molar-refractivity contribution in [2.45, 2.75) is 13.5 Å². The Morgan fingerprint density at radius 1 is 1.08 bits per heavy atom. The van der Waals surface area contributed by atoms with Crippen molar-refractivity contribution < 1.29 is 9.66 Å². The molecule has 0 amide bonds. The van der Waals surface area contributed by atoms with E-state index in [9.17, 15) is 10.1 Å². The van der Waals surface area contributed by atoms with Gasteiger partial charge in [0.15, 0.2) is 0 Å². The molecule has 0 atom stereocenters. The van der Waals surface area contributed by atoms with E-state index in [2.05, 4.69) is 26.2 Å². The fourth-order valence-electron chi connectivity index (χ4n) is 2.43. The minimum atomic E-state index is -0.424. The molecule has 3 aromatic rings. The Morgan fingerprint density at radius 3 is 2.54 bits per heavy atom. The number of hydrogen-bond donors (Lipinski definition) is 1. The lowest BCUT2D eigenvalue weighted by Gasteiger charge is -2.12. The van der Waals surface area contributed by atoms with Crippen LogP contribution < -0.4 is 10.1 Å². The summed E-state index contributed by atoms with van der Waals surface area (Å²) in [6.07, 6.45) is 0. The van der Waals surface area contributed by atoms with Crippen molar-refractivity contribution in [1.29, 1.82) is 0 Å². The van der Waals surface area contributed by atoms with Crippen molar-refractivity contribution in [3.8, 4) is 5.88 Å². The Labute approximate surface area is 159 Å². The van der Waals surface area contributed by atoms with Gasteiger partial charge in [-0.15, -0.1) is 0 Å². The Morgan fingerprint density at radius 2 is 1.85 bits per heavy atom. The van der Waals surface area contributed by atoms with Crippen molar-refractivity contribution in [1.82, 2.24) is 4.98 Å². The second-order valence-corrected chi connectivity index (χ2v) is 6.43. The Kier molecular flexibility index (Phi) is 5.48. The molecule has 0 saturated heterocycles. The van der Waals surface area contributed by atoms with E-state index in [-0.39, 0.29) is 5.69 Å². The maximum Gasteiger partial charge on any atom is 0.306 e. The van der Waals surface area contributed by atoms with Gasteiger partial charge in [-0.05, 0) is 46.6 Å². The van der Waals surface area contributed by atoms with E-state index in [1.165, 1.54) is 0 Å². The summed E-state index contributed by atoms with van der Waals surface area (Å²) in [4.78, 5) is 15.3. The highest BCUT2D eigenvalue weighted by atomic mass is 79.9. The van der Waals surface area contributed by atoms with Crippen LogP contribution >= 0.6 is 15.9 Å². The molecule has 0 aliphatic carbocycles. The van der Waals surface area contributed by atoms with Crippen molar-refractivity contribution in [2.75, 3.05) is 5.32 Å². The minimum absolute atomic E-state index is 0.0173. The van der Waals surface area contributed by atoms with E-state index < -0.39 is 4.92 Å². The van der Waals surface area contributed by atoms with Crippen molar-refractivity contribution in [3.05, 3.63) is 86.5 Å². The van der Waals surface area contributed by atoms with Gasteiger partial charge in [0, 0.05) is 6.07 Å². The van der Waals surface area contributed by atoms with E-state index in [4.69, 9.17) is 4.74 Å². The lowest BCUT2D eigenvalue weighted by molar-refractivity contribution is -0.384. The molecule has 2 aromatic carbocycles. The van der Waals surface area contributed by atoms with Crippen LogP contribution in [0.25, 0.3) is 0 Å². The molecule has 3 rings (SSSR count). The first-order valence-electron chi connectivity index (χ1n) is 7.89. The quantitative estimate of drug-likeness (QED) is 0.433. The fourth-order valence-corrected chi connectivity index (χ4v) is 2.94. The normalized spacial score (nSPS) is 10.4. The summed E-state index contributed by atoms with van der Waals surface area (Å²) in [5.41, 5.74) is 2.80. The van der Waals surface area contributed by atoms with E-state index in [1.807, 2.05) is 37.3 Å². The average molecular weight is 414 g/mol. The van der Waals surface area contributed by atoms with Crippen LogP contribution in [0.1, 0.15) is 11.3 Å². The number of hydrogen-bond acceptors (Lipinski definition) is 5. The van der Waals surface area contributed by atoms with Crippen LogP contribution in [0.2, 0.25) is 0 Å². The molecule has 0 aliphatic heterocycles. The summed E-state index contributed by atoms with van der Waals surface area (Å²) in [7, 11) is 0. The smallest absolute Gasteiger partial charge is 0.306 e. The third kappa shape index (κ3) is 4.18. The van der Waals surface area contributed by atoms with E-state index in [1.54, 1.807) is 30.3 Å². The molecule has 1 heterocycles. The summed E-state index contributed by atoms with van der Waals surface area (Å²) in [5, 5.41) is 14.4. The molecular formula is C19H16BrN3O3. The Balaban J connectivity index is 1.76. The van der Waals surface area contributed by atoms with Crippen molar-refractivity contribution in [2.24, 2.45) is 0 Å². The monoisotopic (exact) mass is 413 g/mol. The number of nitrogens with zero attached hydrogens (tertiary/aromatic N) is 2. The fraction of sp³-hybridized carbons (Fsp3) is 0.105. The summed E-state index contributed by atoms with van der Waals surface area (Å²) >= 11 is 3.22. The van der Waals surface area contributed by atoms with E-state index in [0.717, 1.165) is 5.56 Å². The molecule has 132 valence electrons. The average Bonchev–Trinajstić information content (AvgIpc) is 2.62. The lowest BCUT2D eigenvalue weighted by atomic mass is 10.2. The molecule has 0 aliphatic rings. The second-order valence-electron chi connectivity index (χ2n) is 5.57. The van der Waals surface area contributed by atoms with Gasteiger partial charge in [0.05, 0.1) is 20.8 Å². The molecule has 6 nitrogen and oxygen atoms in total. The maximum atomic E-state index is 11.3. The first-order chi connectivity index (χ1) is 12.5. The molecule has 0 radical (unpaired) electrons. The number of para-hydroxylation sites is 1. The molecule has 26 heavy (non-hydrogen) atoms. The Bertz CT molecular complexity index is 933. The lowest BCUT2D eigenvalue weighted by Crippen LogP contribution is -2.02. The number of rotatable bonds is 6. The largest absolute Gasteiger partial charge is 0.473 e. The second kappa shape index (κ2) is 7.97. The van der Waals surface area contributed by atoms with E-state index >= 15 is 0 Å². The molecule has 1 N–H and O–H groups in total. The van der Waals surface area contributed by atoms with Crippen molar-refractivity contribution in [3.63, 3.8) is 0 Å². The van der Waals surface area contributed by atoms with Crippen molar-refractivity contribution >= 4 is 33.0 Å². The number of benzene rings is 2. The zero-order valence-electron chi connectivity index (χ0n) is 14.0. The van der Waals surface area contributed by atoms with E-state index in [0.29, 0.717) is 34.0 Å². The Hall–Kier alpha value is -2.93. The summed E-state index contributed by atoms with van der Waals surface area (Å²) in [6, 6.07) is 18.4. The molecule has 1 aromatic heterocycles. The van der Waals surface area contributed by atoms with Crippen LogP contribution in [0.15, 0.2) is 65.1 Å². The van der Waals surface area contributed by atoms with Crippen LogP contribution in [-0.2, 0) is 6.61 Å². The summed E-state index contributed by atoms with van der Waals surface area (Å²) < 4.78 is 6.12. The molecule has 0 spiro atoms. The molecule has 0 fully saturated rings. The van der Waals surface area contributed by atoms with Gasteiger partial charge in [-0.1, -0.05) is 36.4 Å². The van der Waals surface area contributed by atoms with Crippen LogP contribution in [-0.4, -0.2) is 9.91 Å². The number of aryl methyl sites for hydroxylation is 1. The minimum Gasteiger partial charge on any atom is -0.473 e. The van der Waals surface area contributed by atoms with Gasteiger partial charge in [0.2, 0.25) is 5.88 Å².